The number of aromatic nitrogens is 1. The first-order valence-electron chi connectivity index (χ1n) is 13.7. The van der Waals surface area contributed by atoms with E-state index in [4.69, 9.17) is 18.6 Å². The van der Waals surface area contributed by atoms with E-state index in [9.17, 15) is 18.0 Å². The minimum Gasteiger partial charge on any atom is -0.497 e. The molecule has 0 saturated heterocycles. The predicted molar refractivity (Wildman–Crippen MR) is 172 cm³/mol. The molecule has 0 aliphatic carbocycles. The Kier molecular flexibility index (Phi) is 10.0. The molecule has 0 atom stereocenters. The van der Waals surface area contributed by atoms with E-state index in [0.29, 0.717) is 22.2 Å². The summed E-state index contributed by atoms with van der Waals surface area (Å²) in [5.41, 5.74) is 0.994. The summed E-state index contributed by atoms with van der Waals surface area (Å²) in [5, 5.41) is 6.04. The van der Waals surface area contributed by atoms with Crippen molar-refractivity contribution >= 4 is 59.8 Å². The zero-order valence-electron chi connectivity index (χ0n) is 24.7. The summed E-state index contributed by atoms with van der Waals surface area (Å²) in [6, 6.07) is 17.6. The second-order valence-electron chi connectivity index (χ2n) is 9.62. The molecule has 5 aromatic rings. The van der Waals surface area contributed by atoms with Crippen LogP contribution in [0.4, 0.5) is 5.13 Å². The van der Waals surface area contributed by atoms with E-state index in [2.05, 4.69) is 10.1 Å². The molecule has 0 saturated carbocycles. The number of fused-ring (bicyclic) bond motifs is 2. The number of para-hydroxylation sites is 1. The van der Waals surface area contributed by atoms with E-state index in [1.807, 2.05) is 0 Å². The van der Waals surface area contributed by atoms with Crippen molar-refractivity contribution in [3.63, 3.8) is 0 Å². The van der Waals surface area contributed by atoms with Gasteiger partial charge in [0.05, 0.1) is 52.6 Å². The number of anilines is 1. The summed E-state index contributed by atoms with van der Waals surface area (Å²) in [6.45, 7) is 0.680. The van der Waals surface area contributed by atoms with Crippen LogP contribution in [-0.4, -0.2) is 77.5 Å². The molecule has 3 aromatic carbocycles. The first-order chi connectivity index (χ1) is 21.8. The molecule has 0 fully saturated rings. The van der Waals surface area contributed by atoms with Gasteiger partial charge in [-0.2, -0.15) is 14.4 Å². The van der Waals surface area contributed by atoms with Crippen LogP contribution in [-0.2, 0) is 19.5 Å². The highest BCUT2D eigenvalue weighted by molar-refractivity contribution is 7.89. The molecule has 1 amide bonds. The normalized spacial score (nSPS) is 12.0. The van der Waals surface area contributed by atoms with Crippen LogP contribution >= 0.6 is 11.3 Å². The van der Waals surface area contributed by atoms with Gasteiger partial charge in [0, 0.05) is 32.9 Å². The van der Waals surface area contributed by atoms with E-state index in [-0.39, 0.29) is 52.9 Å². The second kappa shape index (κ2) is 14.1. The van der Waals surface area contributed by atoms with Crippen LogP contribution in [0.25, 0.3) is 21.2 Å². The van der Waals surface area contributed by atoms with Crippen molar-refractivity contribution in [2.45, 2.75) is 4.90 Å². The van der Waals surface area contributed by atoms with Crippen LogP contribution in [0.15, 0.2) is 92.2 Å². The maximum Gasteiger partial charge on any atom is 0.280 e. The smallest absolute Gasteiger partial charge is 0.280 e. The summed E-state index contributed by atoms with van der Waals surface area (Å²) >= 11 is 1.20. The molecule has 0 aliphatic heterocycles. The van der Waals surface area contributed by atoms with Gasteiger partial charge in [0.25, 0.3) is 5.91 Å². The van der Waals surface area contributed by atoms with Gasteiger partial charge in [0.15, 0.2) is 0 Å². The molecular weight excluding hydrogens is 620 g/mol. The number of sulfonamides is 1. The Morgan fingerprint density at radius 3 is 2.40 bits per heavy atom. The first kappa shape index (κ1) is 31.9. The highest BCUT2D eigenvalue weighted by Crippen LogP contribution is 2.32. The van der Waals surface area contributed by atoms with Crippen molar-refractivity contribution in [2.24, 2.45) is 5.10 Å². The van der Waals surface area contributed by atoms with Crippen molar-refractivity contribution in [2.75, 3.05) is 52.6 Å². The molecule has 45 heavy (non-hydrogen) atoms. The molecule has 0 spiro atoms. The van der Waals surface area contributed by atoms with Crippen LogP contribution < -0.4 is 15.2 Å². The average molecular weight is 651 g/mol. The fourth-order valence-corrected chi connectivity index (χ4v) is 6.74. The Bertz CT molecular complexity index is 2000. The van der Waals surface area contributed by atoms with Gasteiger partial charge in [-0.05, 0) is 54.6 Å². The SMILES string of the molecule is COCCN(CCOC)S(=O)(=O)c1ccc(C(=O)N(/N=C/c2coc3ccccc3c2=O)c2nc3ccc(OC)cc3s2)cc1. The molecule has 14 heteroatoms. The van der Waals surface area contributed by atoms with Crippen molar-refractivity contribution in [1.82, 2.24) is 9.29 Å². The molecule has 0 bridgehead atoms. The number of amides is 1. The molecule has 5 rings (SSSR count). The Morgan fingerprint density at radius 2 is 1.71 bits per heavy atom. The van der Waals surface area contributed by atoms with E-state index >= 15 is 0 Å². The summed E-state index contributed by atoms with van der Waals surface area (Å²) in [4.78, 5) is 31.6. The molecule has 0 N–H and O–H groups in total. The second-order valence-corrected chi connectivity index (χ2v) is 12.6. The van der Waals surface area contributed by atoms with Crippen LogP contribution in [0, 0.1) is 0 Å². The summed E-state index contributed by atoms with van der Waals surface area (Å²) in [5.74, 6) is 0.0247. The van der Waals surface area contributed by atoms with E-state index in [1.165, 1.54) is 66.6 Å². The third-order valence-corrected chi connectivity index (χ3v) is 9.71. The Hall–Kier alpha value is -4.47. The van der Waals surface area contributed by atoms with Crippen molar-refractivity contribution < 1.29 is 31.8 Å². The lowest BCUT2D eigenvalue weighted by Gasteiger charge is -2.21. The van der Waals surface area contributed by atoms with Crippen LogP contribution in [0.5, 0.6) is 5.75 Å². The number of benzene rings is 3. The van der Waals surface area contributed by atoms with Gasteiger partial charge >= 0.3 is 0 Å². The number of ether oxygens (including phenoxy) is 3. The van der Waals surface area contributed by atoms with Gasteiger partial charge in [-0.25, -0.2) is 13.4 Å². The molecule has 0 radical (unpaired) electrons. The van der Waals surface area contributed by atoms with Crippen molar-refractivity contribution in [1.29, 1.82) is 0 Å². The van der Waals surface area contributed by atoms with Crippen molar-refractivity contribution in [3.05, 3.63) is 94.3 Å². The molecule has 12 nitrogen and oxygen atoms in total. The molecule has 2 aromatic heterocycles. The lowest BCUT2D eigenvalue weighted by atomic mass is 10.2. The van der Waals surface area contributed by atoms with Gasteiger partial charge < -0.3 is 18.6 Å². The Balaban J connectivity index is 1.51. The first-order valence-corrected chi connectivity index (χ1v) is 15.9. The van der Waals surface area contributed by atoms with Gasteiger partial charge in [0.1, 0.15) is 17.6 Å². The number of hydrazone groups is 1. The zero-order chi connectivity index (χ0) is 32.0. The predicted octanol–water partition coefficient (Wildman–Crippen LogP) is 4.38. The van der Waals surface area contributed by atoms with Crippen LogP contribution in [0.1, 0.15) is 15.9 Å². The molecule has 0 unspecified atom stereocenters. The van der Waals surface area contributed by atoms with E-state index in [0.717, 1.165) is 9.71 Å². The number of hydrogen-bond donors (Lipinski definition) is 0. The van der Waals surface area contributed by atoms with Crippen LogP contribution in [0.3, 0.4) is 0 Å². The highest BCUT2D eigenvalue weighted by Gasteiger charge is 2.26. The maximum atomic E-state index is 13.9. The number of nitrogens with zero attached hydrogens (tertiary/aromatic N) is 4. The Morgan fingerprint density at radius 1 is 1.00 bits per heavy atom. The largest absolute Gasteiger partial charge is 0.497 e. The summed E-state index contributed by atoms with van der Waals surface area (Å²) < 4.78 is 49.8. The lowest BCUT2D eigenvalue weighted by Crippen LogP contribution is -2.36. The van der Waals surface area contributed by atoms with E-state index in [1.54, 1.807) is 49.6 Å². The molecule has 2 heterocycles. The van der Waals surface area contributed by atoms with Gasteiger partial charge in [-0.15, -0.1) is 0 Å². The summed E-state index contributed by atoms with van der Waals surface area (Å²) in [6.07, 6.45) is 2.52. The topological polar surface area (TPSA) is 141 Å². The number of carbonyl (C=O) groups is 1. The molecule has 0 aliphatic rings. The maximum absolute atomic E-state index is 13.9. The average Bonchev–Trinajstić information content (AvgIpc) is 3.48. The number of methoxy groups -OCH3 is 3. The standard InChI is InChI=1S/C31H30N4O8S2/c1-40-16-14-34(15-17-41-2)45(38,39)24-11-8-21(9-12-24)30(37)35(31-33-26-13-10-23(42-3)18-28(26)44-31)32-19-22-20-43-27-7-5-4-6-25(27)29(22)36/h4-13,18-20H,14-17H2,1-3H3/b32-19+. The fraction of sp³-hybridized carbons (Fsp3) is 0.226. The van der Waals surface area contributed by atoms with Gasteiger partial charge in [0.2, 0.25) is 20.6 Å². The van der Waals surface area contributed by atoms with Gasteiger partial charge in [-0.1, -0.05) is 23.5 Å². The summed E-state index contributed by atoms with van der Waals surface area (Å²) in [7, 11) is 0.631. The number of thiazole rings is 1. The third kappa shape index (κ3) is 6.95. The number of rotatable bonds is 13. The van der Waals surface area contributed by atoms with Crippen molar-refractivity contribution in [3.8, 4) is 5.75 Å². The van der Waals surface area contributed by atoms with Crippen LogP contribution in [0.2, 0.25) is 0 Å². The zero-order valence-corrected chi connectivity index (χ0v) is 26.3. The number of carbonyl (C=O) groups excluding carboxylic acids is 1. The highest BCUT2D eigenvalue weighted by atomic mass is 32.2. The van der Waals surface area contributed by atoms with E-state index < -0.39 is 15.9 Å². The lowest BCUT2D eigenvalue weighted by molar-refractivity contribution is 0.0987. The molecular formula is C31H30N4O8S2. The Labute approximate surface area is 263 Å². The number of hydrogen-bond acceptors (Lipinski definition) is 11. The fourth-order valence-electron chi connectivity index (χ4n) is 4.38. The third-order valence-electron chi connectivity index (χ3n) is 6.81. The molecule has 234 valence electrons. The van der Waals surface area contributed by atoms with Gasteiger partial charge in [-0.3, -0.25) is 9.59 Å². The minimum absolute atomic E-state index is 0.00200. The monoisotopic (exact) mass is 650 g/mol. The quantitative estimate of drug-likeness (QED) is 0.134. The minimum atomic E-state index is -3.90.